The third-order valence-corrected chi connectivity index (χ3v) is 4.64. The number of rotatable bonds is 3. The standard InChI is InChI=1S/C20H15F2NO3/c1-26-20(25)13-5-3-2-4-12(13)15-10-23(11-6-7-11)18-9-17(22)16(21)8-14(18)19(15)24/h2-5,8-11H,6-7H2,1H3. The van der Waals surface area contributed by atoms with Crippen LogP contribution in [-0.4, -0.2) is 17.6 Å². The first kappa shape index (κ1) is 16.4. The lowest BCUT2D eigenvalue weighted by atomic mass is 9.99. The van der Waals surface area contributed by atoms with Gasteiger partial charge in [0.15, 0.2) is 17.1 Å². The Morgan fingerprint density at radius 3 is 2.50 bits per heavy atom. The lowest BCUT2D eigenvalue weighted by Gasteiger charge is -2.15. The molecule has 1 aliphatic carbocycles. The van der Waals surface area contributed by atoms with Crippen molar-refractivity contribution in [3.8, 4) is 11.1 Å². The molecule has 6 heteroatoms. The Hall–Kier alpha value is -3.02. The monoisotopic (exact) mass is 355 g/mol. The zero-order chi connectivity index (χ0) is 18.4. The highest BCUT2D eigenvalue weighted by molar-refractivity contribution is 5.98. The fourth-order valence-corrected chi connectivity index (χ4v) is 3.20. The second-order valence-corrected chi connectivity index (χ2v) is 6.33. The van der Waals surface area contributed by atoms with Gasteiger partial charge in [-0.15, -0.1) is 0 Å². The van der Waals surface area contributed by atoms with Crippen LogP contribution in [0.2, 0.25) is 0 Å². The Morgan fingerprint density at radius 2 is 1.81 bits per heavy atom. The zero-order valence-corrected chi connectivity index (χ0v) is 14.0. The predicted molar refractivity (Wildman–Crippen MR) is 93.2 cm³/mol. The summed E-state index contributed by atoms with van der Waals surface area (Å²) in [6.45, 7) is 0. The van der Waals surface area contributed by atoms with E-state index in [1.807, 2.05) is 0 Å². The average molecular weight is 355 g/mol. The first-order valence-electron chi connectivity index (χ1n) is 8.23. The molecule has 1 fully saturated rings. The Morgan fingerprint density at radius 1 is 1.12 bits per heavy atom. The van der Waals surface area contributed by atoms with Gasteiger partial charge in [-0.25, -0.2) is 13.6 Å². The lowest BCUT2D eigenvalue weighted by molar-refractivity contribution is 0.0601. The number of pyridine rings is 1. The molecule has 0 bridgehead atoms. The van der Waals surface area contributed by atoms with Crippen LogP contribution in [0.4, 0.5) is 8.78 Å². The molecule has 0 unspecified atom stereocenters. The number of hydrogen-bond acceptors (Lipinski definition) is 3. The van der Waals surface area contributed by atoms with E-state index in [4.69, 9.17) is 4.74 Å². The number of hydrogen-bond donors (Lipinski definition) is 0. The summed E-state index contributed by atoms with van der Waals surface area (Å²) >= 11 is 0. The van der Waals surface area contributed by atoms with E-state index in [2.05, 4.69) is 0 Å². The molecule has 4 nitrogen and oxygen atoms in total. The average Bonchev–Trinajstić information content (AvgIpc) is 3.48. The van der Waals surface area contributed by atoms with Crippen molar-refractivity contribution < 1.29 is 18.3 Å². The maximum atomic E-state index is 13.8. The Kier molecular flexibility index (Phi) is 3.83. The van der Waals surface area contributed by atoms with E-state index >= 15 is 0 Å². The molecule has 4 rings (SSSR count). The van der Waals surface area contributed by atoms with Gasteiger partial charge >= 0.3 is 5.97 Å². The molecule has 1 aromatic heterocycles. The summed E-state index contributed by atoms with van der Waals surface area (Å²) in [6.07, 6.45) is 3.42. The van der Waals surface area contributed by atoms with Crippen molar-refractivity contribution >= 4 is 16.9 Å². The fourth-order valence-electron chi connectivity index (χ4n) is 3.20. The highest BCUT2D eigenvalue weighted by Crippen LogP contribution is 2.38. The third kappa shape index (κ3) is 2.58. The minimum Gasteiger partial charge on any atom is -0.465 e. The summed E-state index contributed by atoms with van der Waals surface area (Å²) in [5, 5.41) is 0.0907. The quantitative estimate of drug-likeness (QED) is 0.666. The first-order chi connectivity index (χ1) is 12.5. The van der Waals surface area contributed by atoms with Crippen molar-refractivity contribution in [2.45, 2.75) is 18.9 Å². The molecule has 3 aromatic rings. The summed E-state index contributed by atoms with van der Waals surface area (Å²) in [5.41, 5.74) is 0.820. The number of benzene rings is 2. The van der Waals surface area contributed by atoms with E-state index in [0.717, 1.165) is 25.0 Å². The number of carbonyl (C=O) groups is 1. The zero-order valence-electron chi connectivity index (χ0n) is 14.0. The van der Waals surface area contributed by atoms with Crippen molar-refractivity contribution in [2.24, 2.45) is 0 Å². The number of ether oxygens (including phenoxy) is 1. The lowest BCUT2D eigenvalue weighted by Crippen LogP contribution is -2.14. The topological polar surface area (TPSA) is 48.3 Å². The normalized spacial score (nSPS) is 13.8. The molecule has 0 aliphatic heterocycles. The van der Waals surface area contributed by atoms with Crippen molar-refractivity contribution in [1.82, 2.24) is 4.57 Å². The van der Waals surface area contributed by atoms with Crippen LogP contribution >= 0.6 is 0 Å². The molecule has 2 aromatic carbocycles. The highest BCUT2D eigenvalue weighted by Gasteiger charge is 2.27. The molecule has 1 heterocycles. The minimum absolute atomic E-state index is 0.0907. The number of aromatic nitrogens is 1. The summed E-state index contributed by atoms with van der Waals surface area (Å²) < 4.78 is 34.1. The largest absolute Gasteiger partial charge is 0.465 e. The number of nitrogens with zero attached hydrogens (tertiary/aromatic N) is 1. The van der Waals surface area contributed by atoms with Crippen molar-refractivity contribution in [3.63, 3.8) is 0 Å². The summed E-state index contributed by atoms with van der Waals surface area (Å²) in [7, 11) is 1.26. The second kappa shape index (κ2) is 6.05. The molecule has 0 saturated heterocycles. The molecule has 0 amide bonds. The molecule has 1 aliphatic rings. The van der Waals surface area contributed by atoms with Crippen molar-refractivity contribution in [1.29, 1.82) is 0 Å². The maximum Gasteiger partial charge on any atom is 0.338 e. The van der Waals surface area contributed by atoms with Crippen molar-refractivity contribution in [2.75, 3.05) is 7.11 Å². The van der Waals surface area contributed by atoms with Gasteiger partial charge in [-0.05, 0) is 25.0 Å². The van der Waals surface area contributed by atoms with Gasteiger partial charge in [0.05, 0.1) is 18.2 Å². The first-order valence-corrected chi connectivity index (χ1v) is 8.23. The van der Waals surface area contributed by atoms with Crippen molar-refractivity contribution in [3.05, 3.63) is 70.0 Å². The molecule has 0 radical (unpaired) electrons. The van der Waals surface area contributed by atoms with Gasteiger partial charge in [0.25, 0.3) is 0 Å². The van der Waals surface area contributed by atoms with Gasteiger partial charge in [-0.3, -0.25) is 4.79 Å². The number of halogens is 2. The van der Waals surface area contributed by atoms with E-state index in [9.17, 15) is 18.4 Å². The molecular weight excluding hydrogens is 340 g/mol. The Labute approximate surface area is 147 Å². The van der Waals surface area contributed by atoms with Crippen LogP contribution in [0.5, 0.6) is 0 Å². The van der Waals surface area contributed by atoms with Gasteiger partial charge in [0, 0.05) is 34.8 Å². The molecule has 26 heavy (non-hydrogen) atoms. The van der Waals surface area contributed by atoms with Gasteiger partial charge < -0.3 is 9.30 Å². The second-order valence-electron chi connectivity index (χ2n) is 6.33. The third-order valence-electron chi connectivity index (χ3n) is 4.64. The van der Waals surface area contributed by atoms with Gasteiger partial charge in [-0.2, -0.15) is 0 Å². The fraction of sp³-hybridized carbons (Fsp3) is 0.200. The van der Waals surface area contributed by atoms with Crippen LogP contribution in [0, 0.1) is 11.6 Å². The Bertz CT molecular complexity index is 1100. The summed E-state index contributed by atoms with van der Waals surface area (Å²) in [4.78, 5) is 25.1. The highest BCUT2D eigenvalue weighted by atomic mass is 19.2. The smallest absolute Gasteiger partial charge is 0.338 e. The SMILES string of the molecule is COC(=O)c1ccccc1-c1cn(C2CC2)c2cc(F)c(F)cc2c1=O. The number of methoxy groups -OCH3 is 1. The van der Waals surface area contributed by atoms with Crippen LogP contribution in [0.1, 0.15) is 29.2 Å². The van der Waals surface area contributed by atoms with E-state index in [-0.39, 0.29) is 22.6 Å². The van der Waals surface area contributed by atoms with E-state index < -0.39 is 23.0 Å². The number of fused-ring (bicyclic) bond motifs is 1. The molecule has 1 saturated carbocycles. The number of esters is 1. The predicted octanol–water partition coefficient (Wildman–Crippen LogP) is 4.07. The molecule has 0 spiro atoms. The van der Waals surface area contributed by atoms with E-state index in [0.29, 0.717) is 11.1 Å². The van der Waals surface area contributed by atoms with E-state index in [1.165, 1.54) is 7.11 Å². The van der Waals surface area contributed by atoms with Crippen LogP contribution in [0.25, 0.3) is 22.0 Å². The van der Waals surface area contributed by atoms with Gasteiger partial charge in [0.2, 0.25) is 0 Å². The summed E-state index contributed by atoms with van der Waals surface area (Å²) in [5.74, 6) is -2.63. The van der Waals surface area contributed by atoms with Gasteiger partial charge in [0.1, 0.15) is 0 Å². The minimum atomic E-state index is -1.07. The van der Waals surface area contributed by atoms with Crippen LogP contribution < -0.4 is 5.43 Å². The maximum absolute atomic E-state index is 13.8. The number of carbonyl (C=O) groups excluding carboxylic acids is 1. The molecule has 0 atom stereocenters. The van der Waals surface area contributed by atoms with Crippen LogP contribution in [0.15, 0.2) is 47.4 Å². The molecule has 0 N–H and O–H groups in total. The molecule has 132 valence electrons. The van der Waals surface area contributed by atoms with E-state index in [1.54, 1.807) is 35.0 Å². The molecular formula is C20H15F2NO3. The van der Waals surface area contributed by atoms with Crippen LogP contribution in [0.3, 0.4) is 0 Å². The van der Waals surface area contributed by atoms with Crippen LogP contribution in [-0.2, 0) is 4.74 Å². The van der Waals surface area contributed by atoms with Gasteiger partial charge in [-0.1, -0.05) is 18.2 Å². The summed E-state index contributed by atoms with van der Waals surface area (Å²) in [6, 6.07) is 8.70. The Balaban J connectivity index is 2.07.